The Morgan fingerprint density at radius 1 is 1.08 bits per heavy atom. The molecule has 0 aromatic carbocycles. The Bertz CT molecular complexity index is 1170. The molecule has 0 fully saturated rings. The first-order chi connectivity index (χ1) is 11.7. The summed E-state index contributed by atoms with van der Waals surface area (Å²) < 4.78 is 4.02. The third-order valence-electron chi connectivity index (χ3n) is 4.34. The molecule has 0 aliphatic heterocycles. The molecule has 0 radical (unpaired) electrons. The summed E-state index contributed by atoms with van der Waals surface area (Å²) in [5.41, 5.74) is 0.766. The summed E-state index contributed by atoms with van der Waals surface area (Å²) in [5, 5.41) is 1.22. The van der Waals surface area contributed by atoms with E-state index in [0.717, 1.165) is 19.8 Å². The maximum Gasteiger partial charge on any atom is 0.330 e. The average Bonchev–Trinajstić information content (AvgIpc) is 2.86. The minimum absolute atomic E-state index is 0.0767. The van der Waals surface area contributed by atoms with Gasteiger partial charge in [0.1, 0.15) is 4.83 Å². The van der Waals surface area contributed by atoms with Gasteiger partial charge in [-0.05, 0) is 19.4 Å². The van der Waals surface area contributed by atoms with Gasteiger partial charge in [0, 0.05) is 43.5 Å². The van der Waals surface area contributed by atoms with Crippen LogP contribution in [0.25, 0.3) is 10.2 Å². The van der Waals surface area contributed by atoms with Crippen LogP contribution in [0.2, 0.25) is 0 Å². The van der Waals surface area contributed by atoms with E-state index in [1.54, 1.807) is 14.1 Å². The molecular weight excluding hydrogens is 360 g/mol. The predicted molar refractivity (Wildman–Crippen MR) is 101 cm³/mol. The third kappa shape index (κ3) is 2.87. The van der Waals surface area contributed by atoms with Crippen LogP contribution in [0, 0.1) is 13.8 Å². The van der Waals surface area contributed by atoms with Gasteiger partial charge in [0.15, 0.2) is 5.16 Å². The summed E-state index contributed by atoms with van der Waals surface area (Å²) in [6.45, 7) is 3.91. The Morgan fingerprint density at radius 2 is 1.76 bits per heavy atom. The van der Waals surface area contributed by atoms with Gasteiger partial charge < -0.3 is 0 Å². The molecule has 0 amide bonds. The minimum atomic E-state index is -0.370. The summed E-state index contributed by atoms with van der Waals surface area (Å²) in [6, 6.07) is 1.43. The maximum atomic E-state index is 12.6. The molecular formula is C16H18N4O3S2. The van der Waals surface area contributed by atoms with Crippen molar-refractivity contribution in [2.24, 2.45) is 21.1 Å². The standard InChI is InChI=1S/C16H18N4O3S2/c1-8-9(2)25-13-12(8)14(22)20(5)15(17-13)24-7-10-6-11(21)19(4)16(23)18(10)3/h6H,7H2,1-5H3. The first-order valence-electron chi connectivity index (χ1n) is 7.57. The lowest BCUT2D eigenvalue weighted by Crippen LogP contribution is -2.37. The number of aryl methyl sites for hydroxylation is 2. The summed E-state index contributed by atoms with van der Waals surface area (Å²) in [5.74, 6) is 0.372. The van der Waals surface area contributed by atoms with Gasteiger partial charge in [-0.25, -0.2) is 9.78 Å². The molecule has 0 N–H and O–H groups in total. The molecule has 0 bridgehead atoms. The molecule has 25 heavy (non-hydrogen) atoms. The van der Waals surface area contributed by atoms with Gasteiger partial charge in [-0.3, -0.25) is 23.3 Å². The van der Waals surface area contributed by atoms with Crippen LogP contribution < -0.4 is 16.8 Å². The second-order valence-corrected chi connectivity index (χ2v) is 8.03. The minimum Gasteiger partial charge on any atom is -0.300 e. The Balaban J connectivity index is 2.03. The van der Waals surface area contributed by atoms with E-state index in [0.29, 0.717) is 22.0 Å². The summed E-state index contributed by atoms with van der Waals surface area (Å²) in [6.07, 6.45) is 0. The van der Waals surface area contributed by atoms with Gasteiger partial charge in [0.05, 0.1) is 5.39 Å². The van der Waals surface area contributed by atoms with E-state index in [1.807, 2.05) is 13.8 Å². The number of thiophene rings is 1. The van der Waals surface area contributed by atoms with Crippen molar-refractivity contribution in [2.45, 2.75) is 24.8 Å². The summed E-state index contributed by atoms with van der Waals surface area (Å²) in [4.78, 5) is 42.9. The van der Waals surface area contributed by atoms with Crippen molar-refractivity contribution < 1.29 is 0 Å². The second kappa shape index (κ2) is 6.30. The van der Waals surface area contributed by atoms with Crippen molar-refractivity contribution in [1.82, 2.24) is 18.7 Å². The summed E-state index contributed by atoms with van der Waals surface area (Å²) >= 11 is 2.83. The third-order valence-corrected chi connectivity index (χ3v) is 6.51. The molecule has 0 atom stereocenters. The van der Waals surface area contributed by atoms with Crippen molar-refractivity contribution in [3.8, 4) is 0 Å². The highest BCUT2D eigenvalue weighted by Gasteiger charge is 2.15. The fourth-order valence-electron chi connectivity index (χ4n) is 2.54. The molecule has 7 nitrogen and oxygen atoms in total. The molecule has 3 aromatic heterocycles. The smallest absolute Gasteiger partial charge is 0.300 e. The molecule has 3 heterocycles. The highest BCUT2D eigenvalue weighted by atomic mass is 32.2. The van der Waals surface area contributed by atoms with E-state index >= 15 is 0 Å². The summed E-state index contributed by atoms with van der Waals surface area (Å²) in [7, 11) is 4.76. The lowest BCUT2D eigenvalue weighted by atomic mass is 10.2. The Kier molecular flexibility index (Phi) is 4.46. The van der Waals surface area contributed by atoms with Crippen molar-refractivity contribution >= 4 is 33.3 Å². The number of hydrogen-bond acceptors (Lipinski definition) is 6. The van der Waals surface area contributed by atoms with Crippen LogP contribution in [0.5, 0.6) is 0 Å². The predicted octanol–water partition coefficient (Wildman–Crippen LogP) is 1.30. The SMILES string of the molecule is Cc1sc2nc(SCc3cc(=O)n(C)c(=O)n3C)n(C)c(=O)c2c1C. The van der Waals surface area contributed by atoms with Crippen molar-refractivity contribution in [3.63, 3.8) is 0 Å². The van der Waals surface area contributed by atoms with E-state index in [4.69, 9.17) is 0 Å². The van der Waals surface area contributed by atoms with Crippen molar-refractivity contribution in [2.75, 3.05) is 0 Å². The normalized spacial score (nSPS) is 11.4. The van der Waals surface area contributed by atoms with Crippen LogP contribution in [0.1, 0.15) is 16.1 Å². The Hall–Kier alpha value is -2.13. The van der Waals surface area contributed by atoms with Gasteiger partial charge in [-0.15, -0.1) is 11.3 Å². The number of fused-ring (bicyclic) bond motifs is 1. The first-order valence-corrected chi connectivity index (χ1v) is 9.38. The van der Waals surface area contributed by atoms with Crippen LogP contribution in [-0.4, -0.2) is 18.7 Å². The van der Waals surface area contributed by atoms with Crippen LogP contribution in [0.15, 0.2) is 25.6 Å². The number of nitrogens with zero attached hydrogens (tertiary/aromatic N) is 4. The number of rotatable bonds is 3. The first kappa shape index (κ1) is 17.7. The van der Waals surface area contributed by atoms with Crippen molar-refractivity contribution in [3.05, 3.63) is 53.4 Å². The average molecular weight is 378 g/mol. The van der Waals surface area contributed by atoms with E-state index in [2.05, 4.69) is 4.98 Å². The zero-order chi connectivity index (χ0) is 18.5. The van der Waals surface area contributed by atoms with Gasteiger partial charge in [-0.1, -0.05) is 11.8 Å². The number of thioether (sulfide) groups is 1. The van der Waals surface area contributed by atoms with E-state index in [-0.39, 0.29) is 16.8 Å². The van der Waals surface area contributed by atoms with Crippen LogP contribution in [0.4, 0.5) is 0 Å². The van der Waals surface area contributed by atoms with E-state index in [9.17, 15) is 14.4 Å². The van der Waals surface area contributed by atoms with Gasteiger partial charge in [0.2, 0.25) is 0 Å². The lowest BCUT2D eigenvalue weighted by Gasteiger charge is -2.10. The van der Waals surface area contributed by atoms with E-state index < -0.39 is 0 Å². The lowest BCUT2D eigenvalue weighted by molar-refractivity contribution is 0.664. The topological polar surface area (TPSA) is 78.9 Å². The number of aromatic nitrogens is 4. The molecule has 9 heteroatoms. The molecule has 132 valence electrons. The van der Waals surface area contributed by atoms with Crippen LogP contribution in [-0.2, 0) is 26.9 Å². The Labute approximate surface area is 151 Å². The second-order valence-electron chi connectivity index (χ2n) is 5.89. The molecule has 0 saturated heterocycles. The fraction of sp³-hybridized carbons (Fsp3) is 0.375. The van der Waals surface area contributed by atoms with Crippen molar-refractivity contribution in [1.29, 1.82) is 0 Å². The van der Waals surface area contributed by atoms with Gasteiger partial charge in [-0.2, -0.15) is 0 Å². The zero-order valence-corrected chi connectivity index (χ0v) is 16.2. The number of hydrogen-bond donors (Lipinski definition) is 0. The fourth-order valence-corrected chi connectivity index (χ4v) is 4.60. The van der Waals surface area contributed by atoms with Crippen LogP contribution in [0.3, 0.4) is 0 Å². The molecule has 0 aliphatic rings. The molecule has 0 aliphatic carbocycles. The quantitative estimate of drug-likeness (QED) is 0.507. The highest BCUT2D eigenvalue weighted by molar-refractivity contribution is 7.98. The van der Waals surface area contributed by atoms with Gasteiger partial charge in [0.25, 0.3) is 11.1 Å². The molecule has 0 saturated carbocycles. The van der Waals surface area contributed by atoms with Crippen LogP contribution >= 0.6 is 23.1 Å². The molecule has 0 spiro atoms. The maximum absolute atomic E-state index is 12.6. The van der Waals surface area contributed by atoms with E-state index in [1.165, 1.54) is 45.3 Å². The molecule has 0 unspecified atom stereocenters. The largest absolute Gasteiger partial charge is 0.330 e. The Morgan fingerprint density at radius 3 is 2.44 bits per heavy atom. The highest BCUT2D eigenvalue weighted by Crippen LogP contribution is 2.28. The molecule has 3 rings (SSSR count). The monoisotopic (exact) mass is 378 g/mol. The van der Waals surface area contributed by atoms with Gasteiger partial charge >= 0.3 is 5.69 Å². The molecule has 3 aromatic rings. The zero-order valence-electron chi connectivity index (χ0n) is 14.6.